The van der Waals surface area contributed by atoms with Crippen LogP contribution in [0.1, 0.15) is 41.7 Å². The van der Waals surface area contributed by atoms with Gasteiger partial charge in [0.15, 0.2) is 0 Å². The van der Waals surface area contributed by atoms with Crippen molar-refractivity contribution in [1.29, 1.82) is 0 Å². The average Bonchev–Trinajstić information content (AvgIpc) is 3.39. The van der Waals surface area contributed by atoms with Gasteiger partial charge in [-0.2, -0.15) is 0 Å². The summed E-state index contributed by atoms with van der Waals surface area (Å²) in [6.07, 6.45) is 2.79. The highest BCUT2D eigenvalue weighted by molar-refractivity contribution is 7.09. The van der Waals surface area contributed by atoms with Gasteiger partial charge >= 0.3 is 0 Å². The second-order valence-electron chi connectivity index (χ2n) is 7.69. The lowest BCUT2D eigenvalue weighted by Crippen LogP contribution is -2.46. The summed E-state index contributed by atoms with van der Waals surface area (Å²) in [6.45, 7) is 3.88. The first-order chi connectivity index (χ1) is 13.6. The summed E-state index contributed by atoms with van der Waals surface area (Å²) in [7, 11) is 0. The van der Waals surface area contributed by atoms with Crippen molar-refractivity contribution >= 4 is 23.0 Å². The molecule has 0 saturated carbocycles. The second kappa shape index (κ2) is 8.45. The van der Waals surface area contributed by atoms with Crippen molar-refractivity contribution < 1.29 is 14.4 Å². The Hall–Kier alpha value is -2.18. The fourth-order valence-corrected chi connectivity index (χ4v) is 4.59. The minimum absolute atomic E-state index is 0.0677. The first-order valence-corrected chi connectivity index (χ1v) is 10.7. The zero-order valence-electron chi connectivity index (χ0n) is 16.1. The number of hydrogen-bond acceptors (Lipinski definition) is 5. The number of carbonyl (C=O) groups excluding carboxylic acids is 1. The van der Waals surface area contributed by atoms with Crippen LogP contribution in [0.25, 0.3) is 0 Å². The highest BCUT2D eigenvalue weighted by Gasteiger charge is 2.43. The highest BCUT2D eigenvalue weighted by atomic mass is 32.1. The quantitative estimate of drug-likeness (QED) is 0.798. The van der Waals surface area contributed by atoms with Crippen molar-refractivity contribution in [2.24, 2.45) is 10.6 Å². The Balaban J connectivity index is 1.40. The molecule has 1 N–H and O–H groups in total. The topological polar surface area (TPSA) is 59.9 Å². The molecule has 1 amide bonds. The third kappa shape index (κ3) is 4.28. The summed E-state index contributed by atoms with van der Waals surface area (Å²) in [6, 6.07) is 12.4. The van der Waals surface area contributed by atoms with E-state index in [4.69, 9.17) is 9.57 Å². The Morgan fingerprint density at radius 2 is 2.04 bits per heavy atom. The molecule has 1 saturated heterocycles. The number of rotatable bonds is 6. The molecule has 4 rings (SSSR count). The van der Waals surface area contributed by atoms with E-state index < -0.39 is 5.41 Å². The van der Waals surface area contributed by atoms with Gasteiger partial charge in [-0.05, 0) is 36.8 Å². The number of nitrogens with one attached hydrogen (secondary N) is 1. The van der Waals surface area contributed by atoms with Crippen LogP contribution in [0.4, 0.5) is 0 Å². The summed E-state index contributed by atoms with van der Waals surface area (Å²) in [5.41, 5.74) is 2.84. The van der Waals surface area contributed by atoms with Crippen LogP contribution in [0.2, 0.25) is 0 Å². The van der Waals surface area contributed by atoms with Crippen LogP contribution in [-0.4, -0.2) is 30.9 Å². The molecule has 2 aliphatic heterocycles. The largest absolute Gasteiger partial charge is 0.392 e. The molecule has 0 bridgehead atoms. The number of carbonyl (C=O) groups is 1. The van der Waals surface area contributed by atoms with Gasteiger partial charge in [0.2, 0.25) is 5.91 Å². The SMILES string of the molecule is Cc1ccc(C2=NOC(CC3(C(=O)NCc4cccs4)CCOCC3)C2)cc1. The molecule has 0 aliphatic carbocycles. The van der Waals surface area contributed by atoms with Crippen LogP contribution < -0.4 is 5.32 Å². The normalized spacial score (nSPS) is 21.0. The van der Waals surface area contributed by atoms with Crippen LogP contribution in [0.15, 0.2) is 46.9 Å². The fourth-order valence-electron chi connectivity index (χ4n) is 3.94. The molecule has 6 heteroatoms. The van der Waals surface area contributed by atoms with Crippen molar-refractivity contribution in [3.63, 3.8) is 0 Å². The van der Waals surface area contributed by atoms with Gasteiger partial charge in [0, 0.05) is 30.9 Å². The van der Waals surface area contributed by atoms with Gasteiger partial charge in [-0.3, -0.25) is 4.79 Å². The molecule has 0 radical (unpaired) electrons. The van der Waals surface area contributed by atoms with Crippen LogP contribution in [0.5, 0.6) is 0 Å². The summed E-state index contributed by atoms with van der Waals surface area (Å²) < 4.78 is 5.54. The predicted molar refractivity (Wildman–Crippen MR) is 110 cm³/mol. The maximum Gasteiger partial charge on any atom is 0.226 e. The van der Waals surface area contributed by atoms with Crippen LogP contribution >= 0.6 is 11.3 Å². The van der Waals surface area contributed by atoms with Gasteiger partial charge in [-0.15, -0.1) is 11.3 Å². The fraction of sp³-hybridized carbons (Fsp3) is 0.455. The Bertz CT molecular complexity index is 824. The zero-order valence-corrected chi connectivity index (χ0v) is 17.0. The number of nitrogens with zero attached hydrogens (tertiary/aromatic N) is 1. The van der Waals surface area contributed by atoms with Gasteiger partial charge in [-0.25, -0.2) is 0 Å². The van der Waals surface area contributed by atoms with Gasteiger partial charge < -0.3 is 14.9 Å². The Kier molecular flexibility index (Phi) is 5.78. The Morgan fingerprint density at radius 3 is 2.75 bits per heavy atom. The molecule has 2 aliphatic rings. The first-order valence-electron chi connectivity index (χ1n) is 9.83. The number of benzene rings is 1. The summed E-state index contributed by atoms with van der Waals surface area (Å²) in [4.78, 5) is 20.0. The number of oxime groups is 1. The van der Waals surface area contributed by atoms with Crippen molar-refractivity contribution in [2.75, 3.05) is 13.2 Å². The molecule has 1 fully saturated rings. The lowest BCUT2D eigenvalue weighted by Gasteiger charge is -2.36. The van der Waals surface area contributed by atoms with E-state index in [0.29, 0.717) is 26.2 Å². The van der Waals surface area contributed by atoms with Gasteiger partial charge in [0.05, 0.1) is 17.7 Å². The van der Waals surface area contributed by atoms with E-state index in [-0.39, 0.29) is 12.0 Å². The van der Waals surface area contributed by atoms with E-state index in [1.807, 2.05) is 17.5 Å². The standard InChI is InChI=1S/C22H26N2O3S/c1-16-4-6-17(7-5-16)20-13-18(27-24-20)14-22(8-10-26-11-9-22)21(25)23-15-19-3-2-12-28-19/h2-7,12,18H,8-11,13-15H2,1H3,(H,23,25). The van der Waals surface area contributed by atoms with E-state index in [0.717, 1.165) is 35.4 Å². The summed E-state index contributed by atoms with van der Waals surface area (Å²) in [5, 5.41) is 9.49. The van der Waals surface area contributed by atoms with Crippen LogP contribution in [0.3, 0.4) is 0 Å². The molecular formula is C22H26N2O3S. The third-order valence-electron chi connectivity index (χ3n) is 5.67. The first kappa shape index (κ1) is 19.2. The molecule has 5 nitrogen and oxygen atoms in total. The number of aryl methyl sites for hydroxylation is 1. The molecule has 1 aromatic heterocycles. The van der Waals surface area contributed by atoms with Crippen molar-refractivity contribution in [2.45, 2.75) is 45.3 Å². The smallest absolute Gasteiger partial charge is 0.226 e. The molecule has 1 unspecified atom stereocenters. The summed E-state index contributed by atoms with van der Waals surface area (Å²) in [5.74, 6) is 0.108. The van der Waals surface area contributed by atoms with E-state index >= 15 is 0 Å². The van der Waals surface area contributed by atoms with E-state index in [1.165, 1.54) is 5.56 Å². The van der Waals surface area contributed by atoms with Crippen molar-refractivity contribution in [1.82, 2.24) is 5.32 Å². The number of ether oxygens (including phenoxy) is 1. The molecule has 1 atom stereocenters. The Labute approximate surface area is 169 Å². The monoisotopic (exact) mass is 398 g/mol. The third-order valence-corrected chi connectivity index (χ3v) is 6.55. The maximum absolute atomic E-state index is 13.1. The summed E-state index contributed by atoms with van der Waals surface area (Å²) >= 11 is 1.66. The maximum atomic E-state index is 13.1. The number of thiophene rings is 1. The minimum Gasteiger partial charge on any atom is -0.392 e. The van der Waals surface area contributed by atoms with Gasteiger partial charge in [0.25, 0.3) is 0 Å². The predicted octanol–water partition coefficient (Wildman–Crippen LogP) is 4.05. The van der Waals surface area contributed by atoms with E-state index in [1.54, 1.807) is 11.3 Å². The lowest BCUT2D eigenvalue weighted by molar-refractivity contribution is -0.140. The van der Waals surface area contributed by atoms with E-state index in [9.17, 15) is 4.79 Å². The lowest BCUT2D eigenvalue weighted by atomic mass is 9.74. The molecular weight excluding hydrogens is 372 g/mol. The highest BCUT2D eigenvalue weighted by Crippen LogP contribution is 2.38. The molecule has 28 heavy (non-hydrogen) atoms. The zero-order chi connectivity index (χ0) is 19.4. The molecule has 148 valence electrons. The molecule has 2 aromatic rings. The van der Waals surface area contributed by atoms with Crippen molar-refractivity contribution in [3.8, 4) is 0 Å². The van der Waals surface area contributed by atoms with Gasteiger partial charge in [0.1, 0.15) is 6.10 Å². The van der Waals surface area contributed by atoms with E-state index in [2.05, 4.69) is 41.7 Å². The molecule has 0 spiro atoms. The molecule has 3 heterocycles. The van der Waals surface area contributed by atoms with Crippen LogP contribution in [-0.2, 0) is 20.9 Å². The Morgan fingerprint density at radius 1 is 1.25 bits per heavy atom. The van der Waals surface area contributed by atoms with Crippen LogP contribution in [0, 0.1) is 12.3 Å². The molecule has 1 aromatic carbocycles. The minimum atomic E-state index is -0.446. The second-order valence-corrected chi connectivity index (χ2v) is 8.73. The number of hydrogen-bond donors (Lipinski definition) is 1. The average molecular weight is 399 g/mol. The number of amides is 1. The van der Waals surface area contributed by atoms with Crippen molar-refractivity contribution in [3.05, 3.63) is 57.8 Å². The van der Waals surface area contributed by atoms with Gasteiger partial charge in [-0.1, -0.05) is 41.1 Å².